The maximum atomic E-state index is 12.2. The smallest absolute Gasteiger partial charge is 0.284 e. The second kappa shape index (κ2) is 7.51. The predicted molar refractivity (Wildman–Crippen MR) is 97.1 cm³/mol. The van der Waals surface area contributed by atoms with Crippen LogP contribution in [0.1, 0.15) is 28.9 Å². The number of nitrogens with two attached hydrogens (primary N) is 1. The van der Waals surface area contributed by atoms with Gasteiger partial charge in [-0.1, -0.05) is 11.8 Å². The highest BCUT2D eigenvalue weighted by Gasteiger charge is 2.28. The number of hydrogen-bond acceptors (Lipinski definition) is 7. The fourth-order valence-electron chi connectivity index (χ4n) is 2.36. The second-order valence-electron chi connectivity index (χ2n) is 6.01. The van der Waals surface area contributed by atoms with Crippen LogP contribution < -0.4 is 11.1 Å². The predicted octanol–water partition coefficient (Wildman–Crippen LogP) is 2.98. The van der Waals surface area contributed by atoms with Gasteiger partial charge in [0.2, 0.25) is 0 Å². The number of carbonyl (C=O) groups excluding carboxylic acids is 1. The Morgan fingerprint density at radius 2 is 2.32 bits per heavy atom. The van der Waals surface area contributed by atoms with Gasteiger partial charge in [-0.25, -0.2) is 4.98 Å². The summed E-state index contributed by atoms with van der Waals surface area (Å²) >= 11 is 2.66. The van der Waals surface area contributed by atoms with Gasteiger partial charge in [0.05, 0.1) is 9.82 Å². The first kappa shape index (κ1) is 17.8. The van der Waals surface area contributed by atoms with E-state index in [0.717, 1.165) is 22.9 Å². The molecule has 0 saturated heterocycles. The lowest BCUT2D eigenvalue weighted by Gasteiger charge is -2.11. The van der Waals surface area contributed by atoms with E-state index in [9.17, 15) is 14.9 Å². The maximum Gasteiger partial charge on any atom is 0.284 e. The van der Waals surface area contributed by atoms with Gasteiger partial charge in [-0.15, -0.1) is 11.3 Å². The SMILES string of the molecule is Cc1csc(Sc2ccc(C(=O)NCC(N)C3CC3)cc2[N+](=O)[O-])n1. The molecule has 1 aromatic carbocycles. The number of aryl methyl sites for hydroxylation is 1. The van der Waals surface area contributed by atoms with Crippen molar-refractivity contribution in [2.24, 2.45) is 11.7 Å². The van der Waals surface area contributed by atoms with Crippen molar-refractivity contribution in [1.82, 2.24) is 10.3 Å². The van der Waals surface area contributed by atoms with E-state index >= 15 is 0 Å². The van der Waals surface area contributed by atoms with Crippen molar-refractivity contribution in [2.75, 3.05) is 6.54 Å². The van der Waals surface area contributed by atoms with Gasteiger partial charge >= 0.3 is 0 Å². The molecule has 1 saturated carbocycles. The van der Waals surface area contributed by atoms with Crippen LogP contribution >= 0.6 is 23.1 Å². The number of hydrogen-bond donors (Lipinski definition) is 2. The fraction of sp³-hybridized carbons (Fsp3) is 0.375. The minimum atomic E-state index is -0.477. The standard InChI is InChI=1S/C16H18N4O3S2/c1-9-8-24-16(19-9)25-14-5-4-11(6-13(14)20(22)23)15(21)18-7-12(17)10-2-3-10/h4-6,8,10,12H,2-3,7,17H2,1H3,(H,18,21). The summed E-state index contributed by atoms with van der Waals surface area (Å²) in [4.78, 5) is 27.9. The number of benzene rings is 1. The molecule has 3 rings (SSSR count). The molecule has 3 N–H and O–H groups in total. The lowest BCUT2D eigenvalue weighted by molar-refractivity contribution is -0.387. The highest BCUT2D eigenvalue weighted by Crippen LogP contribution is 2.36. The van der Waals surface area contributed by atoms with Crippen molar-refractivity contribution < 1.29 is 9.72 Å². The number of carbonyl (C=O) groups is 1. The molecule has 0 bridgehead atoms. The van der Waals surface area contributed by atoms with Gasteiger partial charge in [0.15, 0.2) is 4.34 Å². The Labute approximate surface area is 153 Å². The molecule has 9 heteroatoms. The van der Waals surface area contributed by atoms with Crippen molar-refractivity contribution in [2.45, 2.75) is 35.0 Å². The minimum absolute atomic E-state index is 0.0538. The maximum absolute atomic E-state index is 12.2. The van der Waals surface area contributed by atoms with Crippen LogP contribution in [-0.2, 0) is 0 Å². The summed E-state index contributed by atoms with van der Waals surface area (Å²) in [6.45, 7) is 2.25. The first-order valence-corrected chi connectivity index (χ1v) is 9.56. The molecule has 2 aromatic rings. The molecule has 1 aliphatic rings. The zero-order chi connectivity index (χ0) is 18.0. The van der Waals surface area contributed by atoms with Crippen LogP contribution in [0.2, 0.25) is 0 Å². The summed E-state index contributed by atoms with van der Waals surface area (Å²) < 4.78 is 0.730. The second-order valence-corrected chi connectivity index (χ2v) is 8.15. The van der Waals surface area contributed by atoms with Crippen molar-refractivity contribution in [1.29, 1.82) is 0 Å². The van der Waals surface area contributed by atoms with Crippen LogP contribution in [0, 0.1) is 23.0 Å². The highest BCUT2D eigenvalue weighted by atomic mass is 32.2. The first-order chi connectivity index (χ1) is 11.9. The van der Waals surface area contributed by atoms with Crippen molar-refractivity contribution in [3.05, 3.63) is 45.0 Å². The third-order valence-electron chi connectivity index (χ3n) is 3.94. The Hall–Kier alpha value is -1.97. The van der Waals surface area contributed by atoms with E-state index in [-0.39, 0.29) is 23.2 Å². The van der Waals surface area contributed by atoms with Gasteiger partial charge in [-0.3, -0.25) is 14.9 Å². The van der Waals surface area contributed by atoms with Gasteiger partial charge in [-0.05, 0) is 37.8 Å². The number of nitrogens with zero attached hydrogens (tertiary/aromatic N) is 2. The summed E-state index contributed by atoms with van der Waals surface area (Å²) in [5, 5.41) is 16.0. The fourth-order valence-corrected chi connectivity index (χ4v) is 4.24. The number of nitro benzene ring substituents is 1. The summed E-state index contributed by atoms with van der Waals surface area (Å²) in [6, 6.07) is 4.44. The van der Waals surface area contributed by atoms with Gasteiger partial charge in [0.1, 0.15) is 0 Å². The largest absolute Gasteiger partial charge is 0.350 e. The number of nitro groups is 1. The Morgan fingerprint density at radius 1 is 1.56 bits per heavy atom. The van der Waals surface area contributed by atoms with Gasteiger partial charge < -0.3 is 11.1 Å². The van der Waals surface area contributed by atoms with E-state index in [2.05, 4.69) is 10.3 Å². The van der Waals surface area contributed by atoms with Gasteiger partial charge in [-0.2, -0.15) is 0 Å². The van der Waals surface area contributed by atoms with E-state index in [4.69, 9.17) is 5.73 Å². The Balaban J connectivity index is 1.73. The zero-order valence-electron chi connectivity index (χ0n) is 13.6. The number of nitrogens with one attached hydrogen (secondary N) is 1. The monoisotopic (exact) mass is 378 g/mol. The first-order valence-electron chi connectivity index (χ1n) is 7.86. The van der Waals surface area contributed by atoms with Crippen LogP contribution in [0.25, 0.3) is 0 Å². The lowest BCUT2D eigenvalue weighted by atomic mass is 10.1. The third-order valence-corrected chi connectivity index (χ3v) is 6.06. The Kier molecular flexibility index (Phi) is 5.36. The molecule has 1 heterocycles. The van der Waals surface area contributed by atoms with Crippen LogP contribution in [-0.4, -0.2) is 28.4 Å². The van der Waals surface area contributed by atoms with E-state index < -0.39 is 4.92 Å². The summed E-state index contributed by atoms with van der Waals surface area (Å²) in [7, 11) is 0. The van der Waals surface area contributed by atoms with Crippen LogP contribution in [0.3, 0.4) is 0 Å². The van der Waals surface area contributed by atoms with E-state index in [1.807, 2.05) is 12.3 Å². The average Bonchev–Trinajstić information content (AvgIpc) is 3.36. The third kappa shape index (κ3) is 4.56. The molecule has 1 amide bonds. The number of rotatable bonds is 7. The molecule has 0 radical (unpaired) electrons. The minimum Gasteiger partial charge on any atom is -0.350 e. The molecule has 25 heavy (non-hydrogen) atoms. The van der Waals surface area contributed by atoms with E-state index in [1.165, 1.54) is 29.2 Å². The van der Waals surface area contributed by atoms with Crippen LogP contribution in [0.15, 0.2) is 32.8 Å². The summed E-state index contributed by atoms with van der Waals surface area (Å²) in [5.74, 6) is 0.135. The number of amides is 1. The average molecular weight is 378 g/mol. The molecule has 132 valence electrons. The molecule has 0 spiro atoms. The van der Waals surface area contributed by atoms with Crippen molar-refractivity contribution in [3.8, 4) is 0 Å². The number of aromatic nitrogens is 1. The lowest BCUT2D eigenvalue weighted by Crippen LogP contribution is -2.38. The van der Waals surface area contributed by atoms with Crippen molar-refractivity contribution in [3.63, 3.8) is 0 Å². The Morgan fingerprint density at radius 3 is 2.92 bits per heavy atom. The molecule has 1 atom stereocenters. The quantitative estimate of drug-likeness (QED) is 0.566. The Bertz CT molecular complexity index is 804. The summed E-state index contributed by atoms with van der Waals surface area (Å²) in [6.07, 6.45) is 2.20. The van der Waals surface area contributed by atoms with Crippen LogP contribution in [0.5, 0.6) is 0 Å². The molecular weight excluding hydrogens is 360 g/mol. The molecule has 0 aliphatic heterocycles. The van der Waals surface area contributed by atoms with Crippen LogP contribution in [0.4, 0.5) is 5.69 Å². The van der Waals surface area contributed by atoms with E-state index in [1.54, 1.807) is 12.1 Å². The van der Waals surface area contributed by atoms with Crippen molar-refractivity contribution >= 4 is 34.7 Å². The molecule has 1 aliphatic carbocycles. The number of thiazole rings is 1. The normalized spacial score (nSPS) is 15.0. The van der Waals surface area contributed by atoms with Gasteiger partial charge in [0.25, 0.3) is 11.6 Å². The van der Waals surface area contributed by atoms with Gasteiger partial charge in [0, 0.05) is 35.3 Å². The highest BCUT2D eigenvalue weighted by molar-refractivity contribution is 8.01. The van der Waals surface area contributed by atoms with E-state index in [0.29, 0.717) is 17.4 Å². The molecular formula is C16H18N4O3S2. The molecule has 1 aromatic heterocycles. The molecule has 7 nitrogen and oxygen atoms in total. The topological polar surface area (TPSA) is 111 Å². The molecule has 1 fully saturated rings. The zero-order valence-corrected chi connectivity index (χ0v) is 15.2. The molecule has 1 unspecified atom stereocenters. The summed E-state index contributed by atoms with van der Waals surface area (Å²) in [5.41, 5.74) is 7.00.